The molecule has 1 N–H and O–H groups in total. The Labute approximate surface area is 175 Å². The minimum absolute atomic E-state index is 0.0774. The monoisotopic (exact) mass is 449 g/mol. The Morgan fingerprint density at radius 1 is 1.25 bits per heavy atom. The molecule has 0 amide bonds. The zero-order chi connectivity index (χ0) is 20.3. The maximum atomic E-state index is 12.3. The molecule has 0 bridgehead atoms. The van der Waals surface area contributed by atoms with Gasteiger partial charge >= 0.3 is 0 Å². The number of benzene rings is 2. The molecule has 28 heavy (non-hydrogen) atoms. The molecule has 0 aliphatic carbocycles. The van der Waals surface area contributed by atoms with Crippen LogP contribution in [-0.2, 0) is 18.0 Å². The minimum atomic E-state index is -0.490. The molecule has 3 nitrogen and oxygen atoms in total. The third kappa shape index (κ3) is 4.87. The third-order valence-electron chi connectivity index (χ3n) is 5.15. The highest BCUT2D eigenvalue weighted by atomic mass is 79.9. The number of ether oxygens (including phenoxy) is 2. The second-order valence-electron chi connectivity index (χ2n) is 8.23. The van der Waals surface area contributed by atoms with Crippen LogP contribution in [0.3, 0.4) is 0 Å². The van der Waals surface area contributed by atoms with Crippen LogP contribution in [0.5, 0.6) is 5.75 Å². The van der Waals surface area contributed by atoms with E-state index in [4.69, 9.17) is 9.47 Å². The molecular formula is C23H29BrFNO2. The molecule has 0 radical (unpaired) electrons. The lowest BCUT2D eigenvalue weighted by Gasteiger charge is -2.40. The number of hydrogen-bond donors (Lipinski definition) is 1. The normalized spacial score (nSPS) is 17.7. The first-order chi connectivity index (χ1) is 13.3. The van der Waals surface area contributed by atoms with E-state index in [9.17, 15) is 4.39 Å². The van der Waals surface area contributed by atoms with Gasteiger partial charge in [-0.1, -0.05) is 35.0 Å². The maximum Gasteiger partial charge on any atom is 0.123 e. The van der Waals surface area contributed by atoms with E-state index in [0.29, 0.717) is 24.9 Å². The number of alkyl halides is 1. The van der Waals surface area contributed by atoms with Crippen LogP contribution in [0.2, 0.25) is 0 Å². The van der Waals surface area contributed by atoms with Gasteiger partial charge in [-0.05, 0) is 73.6 Å². The van der Waals surface area contributed by atoms with Gasteiger partial charge in [0.25, 0.3) is 0 Å². The van der Waals surface area contributed by atoms with Crippen LogP contribution in [0.4, 0.5) is 10.1 Å². The topological polar surface area (TPSA) is 30.5 Å². The van der Waals surface area contributed by atoms with Gasteiger partial charge in [-0.2, -0.15) is 0 Å². The van der Waals surface area contributed by atoms with E-state index < -0.39 is 6.67 Å². The van der Waals surface area contributed by atoms with Crippen LogP contribution >= 0.6 is 15.9 Å². The van der Waals surface area contributed by atoms with Crippen molar-refractivity contribution in [3.63, 3.8) is 0 Å². The second kappa shape index (κ2) is 8.83. The summed E-state index contributed by atoms with van der Waals surface area (Å²) in [6, 6.07) is 9.81. The Balaban J connectivity index is 1.75. The molecule has 1 atom stereocenters. The molecule has 0 fully saturated rings. The number of nitrogens with one attached hydrogen (secondary N) is 1. The zero-order valence-electron chi connectivity index (χ0n) is 17.1. The summed E-state index contributed by atoms with van der Waals surface area (Å²) < 4.78 is 24.8. The van der Waals surface area contributed by atoms with Gasteiger partial charge < -0.3 is 14.8 Å². The fourth-order valence-corrected chi connectivity index (χ4v) is 4.78. The van der Waals surface area contributed by atoms with Gasteiger partial charge in [0.1, 0.15) is 19.0 Å². The maximum absolute atomic E-state index is 12.3. The average molecular weight is 450 g/mol. The van der Waals surface area contributed by atoms with Crippen molar-refractivity contribution < 1.29 is 13.9 Å². The number of rotatable bonds is 7. The van der Waals surface area contributed by atoms with Crippen LogP contribution in [0.1, 0.15) is 55.4 Å². The lowest BCUT2D eigenvalue weighted by atomic mass is 9.79. The smallest absolute Gasteiger partial charge is 0.123 e. The minimum Gasteiger partial charge on any atom is -0.491 e. The van der Waals surface area contributed by atoms with E-state index in [0.717, 1.165) is 16.5 Å². The summed E-state index contributed by atoms with van der Waals surface area (Å²) in [5, 5.41) is 3.71. The highest BCUT2D eigenvalue weighted by Gasteiger charge is 2.32. The van der Waals surface area contributed by atoms with Gasteiger partial charge in [0.15, 0.2) is 0 Å². The standard InChI is InChI=1S/C23H29BrFNO2/c1-15-10-20(24)19(21-16(2)12-23(3,4)26-22(15)21)14-27-13-17-6-5-7-18(11-17)28-9-8-25/h5-7,10-11,16,26H,8-9,12-14H2,1-4H3. The van der Waals surface area contributed by atoms with Crippen molar-refractivity contribution in [3.05, 3.63) is 57.1 Å². The number of anilines is 1. The van der Waals surface area contributed by atoms with Gasteiger partial charge in [-0.3, -0.25) is 0 Å². The molecule has 0 saturated heterocycles. The molecule has 1 aliphatic heterocycles. The van der Waals surface area contributed by atoms with Crippen molar-refractivity contribution in [1.29, 1.82) is 0 Å². The molecule has 0 spiro atoms. The van der Waals surface area contributed by atoms with Gasteiger partial charge in [-0.15, -0.1) is 0 Å². The molecule has 1 unspecified atom stereocenters. The lowest BCUT2D eigenvalue weighted by Crippen LogP contribution is -2.37. The Kier molecular flexibility index (Phi) is 6.66. The van der Waals surface area contributed by atoms with E-state index in [1.807, 2.05) is 24.3 Å². The molecular weight excluding hydrogens is 421 g/mol. The van der Waals surface area contributed by atoms with Crippen molar-refractivity contribution >= 4 is 21.6 Å². The fourth-order valence-electron chi connectivity index (χ4n) is 4.11. The first-order valence-corrected chi connectivity index (χ1v) is 10.6. The van der Waals surface area contributed by atoms with Crippen molar-refractivity contribution in [2.24, 2.45) is 0 Å². The van der Waals surface area contributed by atoms with Crippen LogP contribution in [-0.4, -0.2) is 18.8 Å². The molecule has 1 heterocycles. The van der Waals surface area contributed by atoms with Crippen molar-refractivity contribution in [3.8, 4) is 5.75 Å². The molecule has 1 aliphatic rings. The summed E-state index contributed by atoms with van der Waals surface area (Å²) in [5.41, 5.74) is 6.16. The number of hydrogen-bond acceptors (Lipinski definition) is 3. The van der Waals surface area contributed by atoms with E-state index in [2.05, 4.69) is 55.0 Å². The summed E-state index contributed by atoms with van der Waals surface area (Å²) in [7, 11) is 0. The van der Waals surface area contributed by atoms with Gasteiger partial charge in [0.2, 0.25) is 0 Å². The summed E-state index contributed by atoms with van der Waals surface area (Å²) in [6.07, 6.45) is 1.08. The summed E-state index contributed by atoms with van der Waals surface area (Å²) in [4.78, 5) is 0. The van der Waals surface area contributed by atoms with Gasteiger partial charge in [-0.25, -0.2) is 4.39 Å². The first-order valence-electron chi connectivity index (χ1n) is 9.76. The van der Waals surface area contributed by atoms with E-state index in [1.54, 1.807) is 0 Å². The Bertz CT molecular complexity index is 838. The number of aryl methyl sites for hydroxylation is 1. The van der Waals surface area contributed by atoms with Crippen LogP contribution in [0, 0.1) is 6.92 Å². The highest BCUT2D eigenvalue weighted by molar-refractivity contribution is 9.10. The molecule has 0 saturated carbocycles. The molecule has 2 aromatic carbocycles. The molecule has 0 aromatic heterocycles. The van der Waals surface area contributed by atoms with Crippen LogP contribution in [0.25, 0.3) is 0 Å². The molecule has 5 heteroatoms. The predicted octanol–water partition coefficient (Wildman–Crippen LogP) is 6.52. The first kappa shape index (κ1) is 21.1. The zero-order valence-corrected chi connectivity index (χ0v) is 18.7. The van der Waals surface area contributed by atoms with Crippen LogP contribution < -0.4 is 10.1 Å². The highest BCUT2D eigenvalue weighted by Crippen LogP contribution is 2.44. The van der Waals surface area contributed by atoms with Crippen LogP contribution in [0.15, 0.2) is 34.8 Å². The molecule has 152 valence electrons. The largest absolute Gasteiger partial charge is 0.491 e. The SMILES string of the molecule is Cc1cc(Br)c(COCc2cccc(OCCF)c2)c2c1NC(C)(C)CC2C. The van der Waals surface area contributed by atoms with E-state index in [1.165, 1.54) is 22.4 Å². The predicted molar refractivity (Wildman–Crippen MR) is 116 cm³/mol. The fraction of sp³-hybridized carbons (Fsp3) is 0.478. The lowest BCUT2D eigenvalue weighted by molar-refractivity contribution is 0.105. The quantitative estimate of drug-likeness (QED) is 0.521. The molecule has 2 aromatic rings. The average Bonchev–Trinajstić information content (AvgIpc) is 2.62. The van der Waals surface area contributed by atoms with Crippen molar-refractivity contribution in [1.82, 2.24) is 0 Å². The van der Waals surface area contributed by atoms with E-state index >= 15 is 0 Å². The second-order valence-corrected chi connectivity index (χ2v) is 9.09. The third-order valence-corrected chi connectivity index (χ3v) is 5.86. The van der Waals surface area contributed by atoms with Crippen molar-refractivity contribution in [2.75, 3.05) is 18.6 Å². The van der Waals surface area contributed by atoms with Gasteiger partial charge in [0, 0.05) is 15.7 Å². The Morgan fingerprint density at radius 2 is 2.04 bits per heavy atom. The van der Waals surface area contributed by atoms with E-state index in [-0.39, 0.29) is 12.1 Å². The molecule has 3 rings (SSSR count). The van der Waals surface area contributed by atoms with Crippen molar-refractivity contribution in [2.45, 2.75) is 58.8 Å². The number of fused-ring (bicyclic) bond motifs is 1. The Hall–Kier alpha value is -1.59. The van der Waals surface area contributed by atoms with Gasteiger partial charge in [0.05, 0.1) is 13.2 Å². The number of halogens is 2. The Morgan fingerprint density at radius 3 is 2.79 bits per heavy atom. The summed E-state index contributed by atoms with van der Waals surface area (Å²) in [6.45, 7) is 9.55. The summed E-state index contributed by atoms with van der Waals surface area (Å²) >= 11 is 3.75. The summed E-state index contributed by atoms with van der Waals surface area (Å²) in [5.74, 6) is 1.13.